The lowest BCUT2D eigenvalue weighted by molar-refractivity contribution is -0.113. The summed E-state index contributed by atoms with van der Waals surface area (Å²) in [5.74, 6) is 1.59. The number of hydrogen-bond acceptors (Lipinski definition) is 9. The van der Waals surface area contributed by atoms with Crippen molar-refractivity contribution in [3.05, 3.63) is 143 Å². The number of hydrogen-bond donors (Lipinski definition) is 1. The second kappa shape index (κ2) is 14.9. The monoisotopic (exact) mass is 750 g/mol. The van der Waals surface area contributed by atoms with Crippen molar-refractivity contribution in [1.82, 2.24) is 4.57 Å². The molecule has 0 unspecified atom stereocenters. The van der Waals surface area contributed by atoms with E-state index in [1.807, 2.05) is 36.4 Å². The van der Waals surface area contributed by atoms with E-state index in [4.69, 9.17) is 29.2 Å². The van der Waals surface area contributed by atoms with Crippen LogP contribution in [0, 0.1) is 11.3 Å². The Bertz CT molecular complexity index is 2340. The molecule has 5 aromatic rings. The zero-order chi connectivity index (χ0) is 35.4. The molecule has 0 bridgehead atoms. The van der Waals surface area contributed by atoms with Gasteiger partial charge in [-0.2, -0.15) is 5.26 Å². The minimum Gasteiger partial charge on any atom is -0.497 e. The molecule has 1 aliphatic heterocycles. The smallest absolute Gasteiger partial charge is 0.271 e. The number of halogens is 1. The van der Waals surface area contributed by atoms with Crippen LogP contribution in [0.2, 0.25) is 0 Å². The quantitative estimate of drug-likeness (QED) is 0.183. The van der Waals surface area contributed by atoms with Crippen LogP contribution < -0.4 is 39.2 Å². The van der Waals surface area contributed by atoms with E-state index < -0.39 is 6.04 Å². The minimum atomic E-state index is -0.850. The fraction of sp³-hybridized carbons (Fsp3) is 0.158. The number of nitrogens with zero attached hydrogens (tertiary/aromatic N) is 3. The Hall–Kier alpha value is -5.64. The largest absolute Gasteiger partial charge is 0.497 e. The second-order valence-corrected chi connectivity index (χ2v) is 13.0. The van der Waals surface area contributed by atoms with Gasteiger partial charge in [0.1, 0.15) is 24.1 Å². The summed E-state index contributed by atoms with van der Waals surface area (Å²) in [6.45, 7) is 2.02. The molecule has 4 aromatic carbocycles. The number of aromatic nitrogens is 1. The molecule has 1 aromatic heterocycles. The van der Waals surface area contributed by atoms with Crippen molar-refractivity contribution < 1.29 is 23.7 Å². The Morgan fingerprint density at radius 2 is 1.74 bits per heavy atom. The van der Waals surface area contributed by atoms with Crippen molar-refractivity contribution in [3.63, 3.8) is 0 Å². The first-order valence-corrected chi connectivity index (χ1v) is 17.0. The fourth-order valence-corrected chi connectivity index (χ4v) is 7.24. The van der Waals surface area contributed by atoms with Gasteiger partial charge in [0.25, 0.3) is 11.5 Å². The number of nitriles is 1. The summed E-state index contributed by atoms with van der Waals surface area (Å²) in [7, 11) is 4.63. The van der Waals surface area contributed by atoms with E-state index in [1.54, 1.807) is 75.8 Å². The van der Waals surface area contributed by atoms with Gasteiger partial charge in [0.15, 0.2) is 16.3 Å². The Morgan fingerprint density at radius 1 is 1.00 bits per heavy atom. The van der Waals surface area contributed by atoms with Gasteiger partial charge in [0.2, 0.25) is 0 Å². The highest BCUT2D eigenvalue weighted by molar-refractivity contribution is 9.10. The first-order chi connectivity index (χ1) is 24.2. The van der Waals surface area contributed by atoms with Crippen LogP contribution in [-0.2, 0) is 11.4 Å². The number of allylic oxidation sites excluding steroid dienone is 1. The molecule has 252 valence electrons. The highest BCUT2D eigenvalue weighted by Gasteiger charge is 2.34. The number of ether oxygens (including phenoxy) is 4. The highest BCUT2D eigenvalue weighted by Crippen LogP contribution is 2.39. The van der Waals surface area contributed by atoms with Gasteiger partial charge in [-0.25, -0.2) is 4.99 Å². The fourth-order valence-electron chi connectivity index (χ4n) is 5.62. The Kier molecular flexibility index (Phi) is 10.2. The lowest BCUT2D eigenvalue weighted by Crippen LogP contribution is -2.40. The molecule has 1 amide bonds. The van der Waals surface area contributed by atoms with E-state index >= 15 is 0 Å². The number of thiazole rings is 1. The summed E-state index contributed by atoms with van der Waals surface area (Å²) in [6.07, 6.45) is 1.76. The van der Waals surface area contributed by atoms with Gasteiger partial charge in [0.05, 0.1) is 53.2 Å². The SMILES string of the molecule is COc1ccc([C@@H]2C(C(=O)Nc3ccccc3)=C(C)N=c3s/c(=C/c4cc(Br)c(OCc5ccc(C#N)cc5)c(OC)c4)c(=O)n32)c(OC)c1. The van der Waals surface area contributed by atoms with Crippen molar-refractivity contribution in [2.24, 2.45) is 4.99 Å². The summed E-state index contributed by atoms with van der Waals surface area (Å²) in [5, 5.41) is 12.0. The lowest BCUT2D eigenvalue weighted by atomic mass is 9.94. The minimum absolute atomic E-state index is 0.257. The number of fused-ring (bicyclic) bond motifs is 1. The summed E-state index contributed by atoms with van der Waals surface area (Å²) in [4.78, 5) is 33.5. The second-order valence-electron chi connectivity index (χ2n) is 11.1. The number of benzene rings is 4. The normalized spacial score (nSPS) is 13.9. The first kappa shape index (κ1) is 34.2. The van der Waals surface area contributed by atoms with Crippen molar-refractivity contribution in [2.75, 3.05) is 26.6 Å². The predicted molar refractivity (Wildman–Crippen MR) is 195 cm³/mol. The van der Waals surface area contributed by atoms with E-state index in [9.17, 15) is 9.59 Å². The molecule has 6 rings (SSSR count). The van der Waals surface area contributed by atoms with E-state index in [-0.39, 0.29) is 18.1 Å². The molecular formula is C38H31BrN4O6S. The van der Waals surface area contributed by atoms with Gasteiger partial charge in [-0.1, -0.05) is 41.7 Å². The molecule has 0 aliphatic carbocycles. The van der Waals surface area contributed by atoms with Crippen LogP contribution in [0.15, 0.2) is 110 Å². The molecule has 50 heavy (non-hydrogen) atoms. The number of carbonyl (C=O) groups excluding carboxylic acids is 1. The Balaban J connectivity index is 1.42. The number of nitrogens with one attached hydrogen (secondary N) is 1. The summed E-state index contributed by atoms with van der Waals surface area (Å²) >= 11 is 4.83. The van der Waals surface area contributed by atoms with Crippen LogP contribution in [0.25, 0.3) is 6.08 Å². The van der Waals surface area contributed by atoms with Crippen LogP contribution in [0.5, 0.6) is 23.0 Å². The molecule has 0 fully saturated rings. The summed E-state index contributed by atoms with van der Waals surface area (Å²) < 4.78 is 25.5. The van der Waals surface area contributed by atoms with E-state index in [0.717, 1.165) is 5.56 Å². The standard InChI is InChI=1S/C38H31BrN4O6S/c1-22-33(36(44)42-26-8-6-5-7-9-26)34(28-15-14-27(46-2)19-30(28)47-3)43-37(45)32(50-38(43)41-22)18-25-16-29(39)35(31(17-25)48-4)49-21-24-12-10-23(20-40)11-13-24/h5-19,34H,21H2,1-4H3,(H,42,44)/b32-18+/t34-/m1/s1. The van der Waals surface area contributed by atoms with Crippen LogP contribution >= 0.6 is 27.3 Å². The molecule has 10 nitrogen and oxygen atoms in total. The third-order valence-corrected chi connectivity index (χ3v) is 9.62. The Labute approximate surface area is 300 Å². The van der Waals surface area contributed by atoms with E-state index in [0.29, 0.717) is 70.5 Å². The maximum atomic E-state index is 14.3. The van der Waals surface area contributed by atoms with Crippen LogP contribution in [0.4, 0.5) is 5.69 Å². The average Bonchev–Trinajstić information content (AvgIpc) is 3.43. The zero-order valence-electron chi connectivity index (χ0n) is 27.5. The van der Waals surface area contributed by atoms with Gasteiger partial charge in [-0.3, -0.25) is 14.2 Å². The van der Waals surface area contributed by atoms with Gasteiger partial charge in [0, 0.05) is 17.3 Å². The molecular weight excluding hydrogens is 720 g/mol. The van der Waals surface area contributed by atoms with Crippen molar-refractivity contribution in [2.45, 2.75) is 19.6 Å². The molecule has 0 saturated carbocycles. The third-order valence-electron chi connectivity index (χ3n) is 8.05. The molecule has 0 saturated heterocycles. The average molecular weight is 752 g/mol. The van der Waals surface area contributed by atoms with Crippen LogP contribution in [-0.4, -0.2) is 31.8 Å². The lowest BCUT2D eigenvalue weighted by Gasteiger charge is -2.26. The molecule has 1 N–H and O–H groups in total. The summed E-state index contributed by atoms with van der Waals surface area (Å²) in [5.41, 5.74) is 3.80. The number of rotatable bonds is 10. The molecule has 12 heteroatoms. The van der Waals surface area contributed by atoms with Crippen molar-refractivity contribution in [3.8, 4) is 29.1 Å². The number of anilines is 1. The van der Waals surface area contributed by atoms with E-state index in [2.05, 4.69) is 27.3 Å². The third kappa shape index (κ3) is 6.92. The van der Waals surface area contributed by atoms with Crippen molar-refractivity contribution >= 4 is 44.9 Å². The number of methoxy groups -OCH3 is 3. The van der Waals surface area contributed by atoms with Gasteiger partial charge < -0.3 is 24.3 Å². The molecule has 0 radical (unpaired) electrons. The maximum absolute atomic E-state index is 14.3. The van der Waals surface area contributed by atoms with Gasteiger partial charge >= 0.3 is 0 Å². The van der Waals surface area contributed by atoms with Gasteiger partial charge in [-0.15, -0.1) is 0 Å². The number of carbonyl (C=O) groups is 1. The van der Waals surface area contributed by atoms with Gasteiger partial charge in [-0.05, 0) is 88.6 Å². The molecule has 1 atom stereocenters. The van der Waals surface area contributed by atoms with Crippen molar-refractivity contribution in [1.29, 1.82) is 5.26 Å². The predicted octanol–water partition coefficient (Wildman–Crippen LogP) is 6.11. The highest BCUT2D eigenvalue weighted by atomic mass is 79.9. The number of para-hydroxylation sites is 1. The first-order valence-electron chi connectivity index (χ1n) is 15.3. The zero-order valence-corrected chi connectivity index (χ0v) is 29.9. The molecule has 1 aliphatic rings. The summed E-state index contributed by atoms with van der Waals surface area (Å²) in [6, 6.07) is 26.4. The molecule has 2 heterocycles. The molecule has 0 spiro atoms. The van der Waals surface area contributed by atoms with Crippen LogP contribution in [0.1, 0.15) is 35.2 Å². The number of amides is 1. The van der Waals surface area contributed by atoms with E-state index in [1.165, 1.54) is 23.0 Å². The topological polar surface area (TPSA) is 124 Å². The van der Waals surface area contributed by atoms with Crippen LogP contribution in [0.3, 0.4) is 0 Å². The maximum Gasteiger partial charge on any atom is 0.271 e. The Morgan fingerprint density at radius 3 is 2.42 bits per heavy atom.